The average molecular weight is 444 g/mol. The van der Waals surface area contributed by atoms with Crippen LogP contribution in [0.4, 0.5) is 0 Å². The minimum atomic E-state index is -0.457. The highest BCUT2D eigenvalue weighted by molar-refractivity contribution is 6.00. The Kier molecular flexibility index (Phi) is 5.24. The number of hydrogen-bond donors (Lipinski definition) is 0. The molecule has 0 saturated heterocycles. The van der Waals surface area contributed by atoms with Crippen LogP contribution in [0, 0.1) is 0 Å². The Morgan fingerprint density at radius 2 is 1.70 bits per heavy atom. The largest absolute Gasteiger partial charge is 0.332 e. The van der Waals surface area contributed by atoms with E-state index >= 15 is 0 Å². The van der Waals surface area contributed by atoms with Gasteiger partial charge in [0.2, 0.25) is 0 Å². The van der Waals surface area contributed by atoms with Crippen LogP contribution in [0.5, 0.6) is 0 Å². The molecule has 9 heteroatoms. The molecule has 0 saturated carbocycles. The Hall–Kier alpha value is -3.88. The number of unbranched alkanes of at least 4 members (excludes halogenated alkanes) is 3. The maximum absolute atomic E-state index is 12.8. The Balaban J connectivity index is 1.86. The second kappa shape index (κ2) is 8.23. The molecule has 4 aromatic heterocycles. The quantitative estimate of drug-likeness (QED) is 0.295. The molecule has 5 aromatic rings. The van der Waals surface area contributed by atoms with Crippen LogP contribution >= 0.6 is 0 Å². The normalized spacial score (nSPS) is 11.7. The van der Waals surface area contributed by atoms with Crippen molar-refractivity contribution in [2.45, 2.75) is 39.0 Å². The van der Waals surface area contributed by atoms with Gasteiger partial charge in [-0.3, -0.25) is 13.9 Å². The molecule has 5 rings (SSSR count). The highest BCUT2D eigenvalue weighted by atomic mass is 16.2. The van der Waals surface area contributed by atoms with Crippen LogP contribution in [0.3, 0.4) is 0 Å². The SMILES string of the molecule is CCCCCCc1cc2nc3c(=O)n(C)c(=O)n(C)c3nc2c2c(-c3ccccc3)nnn12. The number of aryl methyl sites for hydroxylation is 2. The van der Waals surface area contributed by atoms with Crippen LogP contribution in [0.1, 0.15) is 38.3 Å². The summed E-state index contributed by atoms with van der Waals surface area (Å²) in [4.78, 5) is 34.7. The summed E-state index contributed by atoms with van der Waals surface area (Å²) in [7, 11) is 3.05. The maximum Gasteiger partial charge on any atom is 0.332 e. The summed E-state index contributed by atoms with van der Waals surface area (Å²) in [6.07, 6.45) is 5.30. The van der Waals surface area contributed by atoms with Gasteiger partial charge in [-0.05, 0) is 18.9 Å². The molecular formula is C24H25N7O2. The van der Waals surface area contributed by atoms with Crippen LogP contribution in [0.2, 0.25) is 0 Å². The van der Waals surface area contributed by atoms with Gasteiger partial charge in [0.1, 0.15) is 16.7 Å². The van der Waals surface area contributed by atoms with Gasteiger partial charge in [0.15, 0.2) is 11.2 Å². The summed E-state index contributed by atoms with van der Waals surface area (Å²) in [5.41, 5.74) is 3.97. The van der Waals surface area contributed by atoms with Crippen LogP contribution in [0.25, 0.3) is 39.0 Å². The molecule has 0 aliphatic rings. The summed E-state index contributed by atoms with van der Waals surface area (Å²) >= 11 is 0. The van der Waals surface area contributed by atoms with Crippen molar-refractivity contribution in [2.75, 3.05) is 0 Å². The fourth-order valence-corrected chi connectivity index (χ4v) is 4.27. The van der Waals surface area contributed by atoms with Crippen molar-refractivity contribution >= 4 is 27.7 Å². The van der Waals surface area contributed by atoms with Crippen molar-refractivity contribution in [1.29, 1.82) is 0 Å². The Morgan fingerprint density at radius 1 is 0.909 bits per heavy atom. The number of rotatable bonds is 6. The summed E-state index contributed by atoms with van der Waals surface area (Å²) in [6.45, 7) is 2.19. The third-order valence-electron chi connectivity index (χ3n) is 6.11. The summed E-state index contributed by atoms with van der Waals surface area (Å²) in [5.74, 6) is 0. The third-order valence-corrected chi connectivity index (χ3v) is 6.11. The van der Waals surface area contributed by atoms with E-state index in [9.17, 15) is 9.59 Å². The van der Waals surface area contributed by atoms with Crippen LogP contribution in [-0.2, 0) is 20.5 Å². The van der Waals surface area contributed by atoms with E-state index in [0.717, 1.165) is 47.0 Å². The smallest absolute Gasteiger partial charge is 0.279 e. The summed E-state index contributed by atoms with van der Waals surface area (Å²) < 4.78 is 4.24. The van der Waals surface area contributed by atoms with Crippen molar-refractivity contribution in [1.82, 2.24) is 33.9 Å². The molecule has 0 bridgehead atoms. The van der Waals surface area contributed by atoms with Gasteiger partial charge in [0.05, 0.1) is 5.52 Å². The zero-order valence-electron chi connectivity index (χ0n) is 18.9. The van der Waals surface area contributed by atoms with Gasteiger partial charge in [-0.2, -0.15) is 0 Å². The highest BCUT2D eigenvalue weighted by Gasteiger charge is 2.20. The molecule has 0 aliphatic heterocycles. The van der Waals surface area contributed by atoms with Crippen molar-refractivity contribution in [2.24, 2.45) is 14.1 Å². The van der Waals surface area contributed by atoms with Crippen molar-refractivity contribution in [3.63, 3.8) is 0 Å². The van der Waals surface area contributed by atoms with Crippen molar-refractivity contribution in [3.05, 3.63) is 62.9 Å². The number of pyridine rings is 1. The van der Waals surface area contributed by atoms with E-state index in [1.54, 1.807) is 7.05 Å². The molecule has 33 heavy (non-hydrogen) atoms. The van der Waals surface area contributed by atoms with E-state index in [1.165, 1.54) is 18.0 Å². The lowest BCUT2D eigenvalue weighted by Crippen LogP contribution is -2.37. The molecule has 4 heterocycles. The minimum absolute atomic E-state index is 0.169. The topological polar surface area (TPSA) is 100.0 Å². The second-order valence-corrected chi connectivity index (χ2v) is 8.35. The lowest BCUT2D eigenvalue weighted by molar-refractivity contribution is 0.648. The first-order valence-corrected chi connectivity index (χ1v) is 11.2. The highest BCUT2D eigenvalue weighted by Crippen LogP contribution is 2.29. The predicted octanol–water partition coefficient (Wildman–Crippen LogP) is 3.01. The standard InChI is InChI=1S/C24H25N7O2/c1-4-5-6-10-13-16-14-17-19(21-18(27-28-31(16)21)15-11-8-7-9-12-15)26-22-20(25-17)23(32)30(3)24(33)29(22)2/h7-9,11-12,14H,4-6,10,13H2,1-3H3. The van der Waals surface area contributed by atoms with E-state index in [4.69, 9.17) is 4.98 Å². The van der Waals surface area contributed by atoms with Crippen LogP contribution in [0.15, 0.2) is 46.0 Å². The van der Waals surface area contributed by atoms with Crippen molar-refractivity contribution < 1.29 is 0 Å². The fraction of sp³-hybridized carbons (Fsp3) is 0.333. The second-order valence-electron chi connectivity index (χ2n) is 8.35. The van der Waals surface area contributed by atoms with Gasteiger partial charge in [-0.15, -0.1) is 5.10 Å². The van der Waals surface area contributed by atoms with E-state index in [0.29, 0.717) is 16.7 Å². The van der Waals surface area contributed by atoms with Gasteiger partial charge in [-0.25, -0.2) is 19.3 Å². The third kappa shape index (κ3) is 3.40. The van der Waals surface area contributed by atoms with E-state index in [-0.39, 0.29) is 11.2 Å². The Bertz CT molecular complexity index is 1610. The first-order chi connectivity index (χ1) is 16.0. The number of aromatic nitrogens is 7. The van der Waals surface area contributed by atoms with Gasteiger partial charge in [0.25, 0.3) is 5.56 Å². The van der Waals surface area contributed by atoms with E-state index in [2.05, 4.69) is 22.2 Å². The number of nitrogens with zero attached hydrogens (tertiary/aromatic N) is 7. The number of benzene rings is 1. The molecule has 0 aliphatic carbocycles. The molecule has 0 amide bonds. The zero-order valence-corrected chi connectivity index (χ0v) is 18.9. The molecule has 0 fully saturated rings. The van der Waals surface area contributed by atoms with Crippen LogP contribution in [-0.4, -0.2) is 33.9 Å². The van der Waals surface area contributed by atoms with Gasteiger partial charge in [-0.1, -0.05) is 61.7 Å². The molecule has 0 spiro atoms. The Morgan fingerprint density at radius 3 is 2.45 bits per heavy atom. The number of fused-ring (bicyclic) bond motifs is 4. The molecule has 0 atom stereocenters. The summed E-state index contributed by atoms with van der Waals surface area (Å²) in [6, 6.07) is 11.7. The molecule has 1 aromatic carbocycles. The molecular weight excluding hydrogens is 418 g/mol. The van der Waals surface area contributed by atoms with E-state index in [1.807, 2.05) is 40.9 Å². The molecule has 0 radical (unpaired) electrons. The molecule has 0 N–H and O–H groups in total. The lowest BCUT2D eigenvalue weighted by Gasteiger charge is -2.11. The molecule has 168 valence electrons. The van der Waals surface area contributed by atoms with Crippen molar-refractivity contribution in [3.8, 4) is 11.3 Å². The fourth-order valence-electron chi connectivity index (χ4n) is 4.27. The maximum atomic E-state index is 12.8. The van der Waals surface area contributed by atoms with Gasteiger partial charge < -0.3 is 0 Å². The first kappa shape index (κ1) is 21.0. The predicted molar refractivity (Wildman–Crippen MR) is 127 cm³/mol. The zero-order chi connectivity index (χ0) is 23.1. The first-order valence-electron chi connectivity index (χ1n) is 11.2. The lowest BCUT2D eigenvalue weighted by atomic mass is 10.1. The minimum Gasteiger partial charge on any atom is -0.279 e. The molecule has 9 nitrogen and oxygen atoms in total. The number of hydrogen-bond acceptors (Lipinski definition) is 6. The van der Waals surface area contributed by atoms with E-state index < -0.39 is 11.2 Å². The van der Waals surface area contributed by atoms with Crippen LogP contribution < -0.4 is 11.2 Å². The average Bonchev–Trinajstić information content (AvgIpc) is 3.29. The monoisotopic (exact) mass is 443 g/mol. The Labute approximate surface area is 189 Å². The van der Waals surface area contributed by atoms with Gasteiger partial charge >= 0.3 is 5.69 Å². The summed E-state index contributed by atoms with van der Waals surface area (Å²) in [5, 5.41) is 8.94. The van der Waals surface area contributed by atoms with Gasteiger partial charge in [0, 0.05) is 25.4 Å². The molecule has 0 unspecified atom stereocenters.